The second kappa shape index (κ2) is 13.5. The number of carbonyl (C=O) groups is 4. The molecule has 286 valence electrons. The van der Waals surface area contributed by atoms with Crippen molar-refractivity contribution in [1.29, 1.82) is 0 Å². The molecule has 0 bridgehead atoms. The number of anilines is 2. The van der Waals surface area contributed by atoms with Crippen molar-refractivity contribution < 1.29 is 68.1 Å². The summed E-state index contributed by atoms with van der Waals surface area (Å²) in [5, 5.41) is 78.0. The van der Waals surface area contributed by atoms with Crippen LogP contribution >= 0.6 is 0 Å². The SMILES string of the molecule is CN(C)[C@@H]1C(=O)C(C(N)=O)=C(O)[C@@]2(O)C(=O)C3=C(O)c4c(O)cccc4[C@@](C)(O)[C@H]3[C@H](O)[C@@H]12.Cc1c(Nc2ncccc2C(=O)O)cccc1C(F)(F)F. The number of nitrogens with two attached hydrogens (primary N) is 1. The van der Waals surface area contributed by atoms with Gasteiger partial charge in [-0.1, -0.05) is 18.2 Å². The number of alkyl halides is 3. The Bertz CT molecular complexity index is 2160. The molecule has 0 unspecified atom stereocenters. The number of aromatic carboxylic acids is 1. The third-order valence-corrected chi connectivity index (χ3v) is 9.97. The third-order valence-electron chi connectivity index (χ3n) is 9.97. The quantitative estimate of drug-likeness (QED) is 0.170. The molecule has 1 amide bonds. The molecule has 1 saturated carbocycles. The van der Waals surface area contributed by atoms with Crippen molar-refractivity contribution in [3.8, 4) is 5.75 Å². The number of rotatable bonds is 5. The normalized spacial score (nSPS) is 26.4. The molecule has 3 aliphatic rings. The number of Topliss-reactive ketones (excluding diaryl/α,β-unsaturated/α-hetero) is 2. The number of phenols is 1. The summed E-state index contributed by atoms with van der Waals surface area (Å²) >= 11 is 0. The summed E-state index contributed by atoms with van der Waals surface area (Å²) in [5.74, 6) is -10.9. The number of carbonyl (C=O) groups excluding carboxylic acids is 3. The molecule has 2 aromatic carbocycles. The fourth-order valence-corrected chi connectivity index (χ4v) is 7.48. The summed E-state index contributed by atoms with van der Waals surface area (Å²) in [6.07, 6.45) is -4.98. The number of primary amides is 1. The molecule has 3 aromatic rings. The fourth-order valence-electron chi connectivity index (χ4n) is 7.48. The van der Waals surface area contributed by atoms with Crippen molar-refractivity contribution in [2.24, 2.45) is 17.6 Å². The van der Waals surface area contributed by atoms with Crippen LogP contribution in [-0.4, -0.2) is 101 Å². The van der Waals surface area contributed by atoms with Gasteiger partial charge < -0.3 is 46.8 Å². The Morgan fingerprint density at radius 1 is 1.00 bits per heavy atom. The van der Waals surface area contributed by atoms with E-state index in [1.54, 1.807) is 0 Å². The van der Waals surface area contributed by atoms with Gasteiger partial charge in [0.15, 0.2) is 11.4 Å². The first kappa shape index (κ1) is 39.4. The molecule has 6 rings (SSSR count). The Balaban J connectivity index is 0.000000230. The highest BCUT2D eigenvalue weighted by Crippen LogP contribution is 2.57. The number of phenolic OH excluding ortho intramolecular Hbond substituents is 1. The number of aromatic hydroxyl groups is 1. The molecule has 0 radical (unpaired) electrons. The Morgan fingerprint density at radius 2 is 1.63 bits per heavy atom. The highest BCUT2D eigenvalue weighted by Gasteiger charge is 2.70. The van der Waals surface area contributed by atoms with Gasteiger partial charge in [-0.3, -0.25) is 19.3 Å². The van der Waals surface area contributed by atoms with Gasteiger partial charge in [0.1, 0.15) is 34.2 Å². The molecule has 10 N–H and O–H groups in total. The molecule has 1 fully saturated rings. The van der Waals surface area contributed by atoms with E-state index < -0.39 is 98.8 Å². The maximum absolute atomic E-state index is 13.7. The molecule has 0 saturated heterocycles. The number of pyridine rings is 1. The summed E-state index contributed by atoms with van der Waals surface area (Å²) in [7, 11) is 2.80. The number of likely N-dealkylation sites (N-methyl/N-ethyl adjacent to an activating group) is 1. The number of aliphatic hydroxyl groups is 5. The van der Waals surface area contributed by atoms with Crippen molar-refractivity contribution >= 4 is 40.7 Å². The van der Waals surface area contributed by atoms with Crippen LogP contribution in [0.1, 0.15) is 39.5 Å². The Labute approximate surface area is 304 Å². The largest absolute Gasteiger partial charge is 0.508 e. The van der Waals surface area contributed by atoms with Gasteiger partial charge in [-0.25, -0.2) is 9.78 Å². The predicted molar refractivity (Wildman–Crippen MR) is 182 cm³/mol. The number of fused-ring (bicyclic) bond motifs is 3. The van der Waals surface area contributed by atoms with Gasteiger partial charge >= 0.3 is 12.1 Å². The zero-order valence-electron chi connectivity index (χ0n) is 28.9. The lowest BCUT2D eigenvalue weighted by Crippen LogP contribution is -2.71. The van der Waals surface area contributed by atoms with Crippen LogP contribution in [-0.2, 0) is 26.2 Å². The maximum Gasteiger partial charge on any atom is 0.416 e. The minimum absolute atomic E-state index is 0.00664. The van der Waals surface area contributed by atoms with Crippen LogP contribution in [0.3, 0.4) is 0 Å². The van der Waals surface area contributed by atoms with Gasteiger partial charge in [0.25, 0.3) is 5.91 Å². The number of aromatic nitrogens is 1. The molecule has 1 aromatic heterocycles. The average molecular weight is 757 g/mol. The van der Waals surface area contributed by atoms with Crippen molar-refractivity contribution in [1.82, 2.24) is 9.88 Å². The number of amides is 1. The summed E-state index contributed by atoms with van der Waals surface area (Å²) < 4.78 is 38.5. The van der Waals surface area contributed by atoms with Crippen molar-refractivity contribution in [3.05, 3.63) is 99.5 Å². The summed E-state index contributed by atoms with van der Waals surface area (Å²) in [6, 6.07) is 8.92. The molecule has 0 aliphatic heterocycles. The molecular formula is C36H35F3N4O11. The highest BCUT2D eigenvalue weighted by molar-refractivity contribution is 6.24. The number of halogens is 3. The van der Waals surface area contributed by atoms with Crippen LogP contribution in [0.15, 0.2) is 71.6 Å². The first-order valence-electron chi connectivity index (χ1n) is 16.0. The second-order valence-corrected chi connectivity index (χ2v) is 13.4. The van der Waals surface area contributed by atoms with Gasteiger partial charge in [0.2, 0.25) is 5.78 Å². The van der Waals surface area contributed by atoms with E-state index in [0.29, 0.717) is 0 Å². The van der Waals surface area contributed by atoms with E-state index >= 15 is 0 Å². The number of aliphatic hydroxyl groups excluding tert-OH is 3. The van der Waals surface area contributed by atoms with Crippen LogP contribution in [0, 0.1) is 18.8 Å². The second-order valence-electron chi connectivity index (χ2n) is 13.4. The van der Waals surface area contributed by atoms with E-state index in [2.05, 4.69) is 10.3 Å². The number of ketones is 2. The molecule has 54 heavy (non-hydrogen) atoms. The van der Waals surface area contributed by atoms with Crippen molar-refractivity contribution in [2.75, 3.05) is 19.4 Å². The summed E-state index contributed by atoms with van der Waals surface area (Å²) in [6.45, 7) is 2.57. The number of nitrogens with zero attached hydrogens (tertiary/aromatic N) is 2. The number of benzene rings is 2. The highest BCUT2D eigenvalue weighted by atomic mass is 19.4. The Morgan fingerprint density at radius 3 is 2.20 bits per heavy atom. The lowest BCUT2D eigenvalue weighted by Gasteiger charge is -2.55. The first-order valence-corrected chi connectivity index (χ1v) is 16.0. The number of nitrogens with one attached hydrogen (secondary N) is 1. The van der Waals surface area contributed by atoms with Gasteiger partial charge in [-0.05, 0) is 69.4 Å². The monoisotopic (exact) mass is 756 g/mol. The third kappa shape index (κ3) is 6.02. The molecule has 1 heterocycles. The van der Waals surface area contributed by atoms with Gasteiger partial charge in [-0.2, -0.15) is 13.2 Å². The Hall–Kier alpha value is -5.82. The molecule has 3 aliphatic carbocycles. The van der Waals surface area contributed by atoms with E-state index in [1.165, 1.54) is 81.5 Å². The van der Waals surface area contributed by atoms with Gasteiger partial charge in [0.05, 0.1) is 46.3 Å². The lowest BCUT2D eigenvalue weighted by atomic mass is 9.53. The number of carboxylic acids is 1. The molecule has 0 spiro atoms. The standard InChI is InChI=1S/C22H24N2O9.C14H11F3N2O2/c1-21(32)7-5-4-6-8(25)9(7)15(26)10-12(21)17(28)13-14(24(2)3)16(27)11(20(23)31)19(30)22(13,33)18(10)29;1-8-10(14(15,16)17)5-2-6-11(8)19-12-9(13(20)21)4-3-7-18-12/h4-6,12-14,17,25-26,28,30,32-33H,1-3H3,(H2,23,31);2-7H,1H3,(H,18,19)(H,20,21)/t12-,13-,14+,17+,21-,22+;/m1./s1. The van der Waals surface area contributed by atoms with E-state index in [9.17, 15) is 63.0 Å². The Kier molecular flexibility index (Phi) is 9.88. The zero-order valence-corrected chi connectivity index (χ0v) is 28.9. The van der Waals surface area contributed by atoms with Crippen molar-refractivity contribution in [3.63, 3.8) is 0 Å². The minimum Gasteiger partial charge on any atom is -0.508 e. The van der Waals surface area contributed by atoms with Crippen LogP contribution in [0.4, 0.5) is 24.7 Å². The first-order chi connectivity index (χ1) is 25.0. The topological polar surface area (TPSA) is 264 Å². The fraction of sp³-hybridized carbons (Fsp3) is 0.306. The lowest BCUT2D eigenvalue weighted by molar-refractivity contribution is -0.181. The van der Waals surface area contributed by atoms with E-state index in [0.717, 1.165) is 6.07 Å². The maximum atomic E-state index is 13.7. The molecular weight excluding hydrogens is 721 g/mol. The number of carboxylic acid groups (broad SMARTS) is 1. The van der Waals surface area contributed by atoms with E-state index in [-0.39, 0.29) is 33.8 Å². The molecule has 15 nitrogen and oxygen atoms in total. The number of hydrogen-bond donors (Lipinski definition) is 9. The number of hydrogen-bond acceptors (Lipinski definition) is 13. The van der Waals surface area contributed by atoms with Gasteiger partial charge in [-0.15, -0.1) is 0 Å². The zero-order chi connectivity index (χ0) is 40.4. The van der Waals surface area contributed by atoms with Crippen LogP contribution in [0.25, 0.3) is 5.76 Å². The molecule has 6 atom stereocenters. The summed E-state index contributed by atoms with van der Waals surface area (Å²) in [5.41, 5.74) is -2.53. The summed E-state index contributed by atoms with van der Waals surface area (Å²) in [4.78, 5) is 54.8. The van der Waals surface area contributed by atoms with E-state index in [4.69, 9.17) is 10.8 Å². The molecule has 18 heteroatoms. The predicted octanol–water partition coefficient (Wildman–Crippen LogP) is 2.45. The van der Waals surface area contributed by atoms with Crippen LogP contribution < -0.4 is 11.1 Å². The average Bonchev–Trinajstić information content (AvgIpc) is 3.07. The van der Waals surface area contributed by atoms with Crippen LogP contribution in [0.5, 0.6) is 5.75 Å². The minimum atomic E-state index is -4.47. The van der Waals surface area contributed by atoms with Crippen LogP contribution in [0.2, 0.25) is 0 Å². The smallest absolute Gasteiger partial charge is 0.416 e. The van der Waals surface area contributed by atoms with Gasteiger partial charge in [0, 0.05) is 11.9 Å². The van der Waals surface area contributed by atoms with Crippen molar-refractivity contribution in [2.45, 2.75) is 43.4 Å². The van der Waals surface area contributed by atoms with E-state index in [1.807, 2.05) is 0 Å².